The largest absolute Gasteiger partial charge is 0.461 e. The van der Waals surface area contributed by atoms with Gasteiger partial charge in [0, 0.05) is 12.3 Å². The summed E-state index contributed by atoms with van der Waals surface area (Å²) in [6, 6.07) is 0. The molecule has 2 nitrogen and oxygen atoms in total. The van der Waals surface area contributed by atoms with Crippen molar-refractivity contribution < 1.29 is 9.53 Å². The lowest BCUT2D eigenvalue weighted by molar-refractivity contribution is -0.143. The topological polar surface area (TPSA) is 26.3 Å². The molecule has 0 N–H and O–H groups in total. The summed E-state index contributed by atoms with van der Waals surface area (Å²) >= 11 is 0. The molecule has 0 radical (unpaired) electrons. The van der Waals surface area contributed by atoms with Crippen LogP contribution < -0.4 is 0 Å². The van der Waals surface area contributed by atoms with E-state index in [1.54, 1.807) is 0 Å². The highest BCUT2D eigenvalue weighted by atomic mass is 16.6. The summed E-state index contributed by atoms with van der Waals surface area (Å²) in [5.74, 6) is 0.397. The van der Waals surface area contributed by atoms with Crippen molar-refractivity contribution in [2.24, 2.45) is 11.8 Å². The van der Waals surface area contributed by atoms with Crippen LogP contribution in [0.4, 0.5) is 0 Å². The van der Waals surface area contributed by atoms with E-state index in [0.717, 1.165) is 25.7 Å². The third-order valence-electron chi connectivity index (χ3n) is 4.05. The Morgan fingerprint density at radius 2 is 2.00 bits per heavy atom. The van der Waals surface area contributed by atoms with Crippen molar-refractivity contribution in [3.8, 4) is 0 Å². The summed E-state index contributed by atoms with van der Waals surface area (Å²) in [5.41, 5.74) is 2.79. The Balaban J connectivity index is 2.20. The molecule has 1 heterocycles. The van der Waals surface area contributed by atoms with Crippen LogP contribution in [0, 0.1) is 11.8 Å². The number of hydrogen-bond donors (Lipinski definition) is 0. The van der Waals surface area contributed by atoms with Gasteiger partial charge in [0.05, 0.1) is 5.92 Å². The zero-order valence-electron chi connectivity index (χ0n) is 11.0. The van der Waals surface area contributed by atoms with E-state index < -0.39 is 0 Å². The third-order valence-corrected chi connectivity index (χ3v) is 4.05. The Hall–Kier alpha value is -1.05. The molecular weight excluding hydrogens is 212 g/mol. The monoisotopic (exact) mass is 234 g/mol. The van der Waals surface area contributed by atoms with Crippen molar-refractivity contribution in [1.29, 1.82) is 0 Å². The molecule has 2 aliphatic rings. The van der Waals surface area contributed by atoms with Crippen molar-refractivity contribution in [3.05, 3.63) is 23.3 Å². The lowest BCUT2D eigenvalue weighted by Gasteiger charge is -2.19. The van der Waals surface area contributed by atoms with Gasteiger partial charge in [0.15, 0.2) is 0 Å². The van der Waals surface area contributed by atoms with Crippen LogP contribution >= 0.6 is 0 Å². The molecule has 0 saturated carbocycles. The van der Waals surface area contributed by atoms with Crippen molar-refractivity contribution >= 4 is 5.97 Å². The quantitative estimate of drug-likeness (QED) is 0.472. The fraction of sp³-hybridized carbons (Fsp3) is 0.667. The first kappa shape index (κ1) is 12.4. The van der Waals surface area contributed by atoms with Crippen LogP contribution in [0.2, 0.25) is 0 Å². The average molecular weight is 234 g/mol. The van der Waals surface area contributed by atoms with Gasteiger partial charge in [0.1, 0.15) is 6.10 Å². The average Bonchev–Trinajstić information content (AvgIpc) is 2.52. The van der Waals surface area contributed by atoms with Crippen LogP contribution in [0.15, 0.2) is 23.3 Å². The number of esters is 1. The molecule has 0 unspecified atom stereocenters. The lowest BCUT2D eigenvalue weighted by Crippen LogP contribution is -2.19. The predicted molar refractivity (Wildman–Crippen MR) is 68.5 cm³/mol. The summed E-state index contributed by atoms with van der Waals surface area (Å²) in [5, 5.41) is 0. The molecule has 94 valence electrons. The number of allylic oxidation sites excluding steroid dienone is 3. The van der Waals surface area contributed by atoms with Crippen LogP contribution in [-0.4, -0.2) is 12.1 Å². The molecule has 1 aliphatic heterocycles. The highest BCUT2D eigenvalue weighted by molar-refractivity contribution is 5.74. The second kappa shape index (κ2) is 5.07. The molecule has 0 aromatic rings. The highest BCUT2D eigenvalue weighted by Crippen LogP contribution is 2.35. The van der Waals surface area contributed by atoms with Gasteiger partial charge < -0.3 is 4.74 Å². The fourth-order valence-electron chi connectivity index (χ4n) is 2.78. The molecule has 0 aromatic heterocycles. The molecule has 1 saturated heterocycles. The Kier molecular flexibility index (Phi) is 3.70. The normalized spacial score (nSPS) is 40.6. The molecule has 1 fully saturated rings. The molecule has 17 heavy (non-hydrogen) atoms. The first-order valence-corrected chi connectivity index (χ1v) is 6.59. The number of ether oxygens (including phenoxy) is 1. The Morgan fingerprint density at radius 1 is 1.24 bits per heavy atom. The van der Waals surface area contributed by atoms with Crippen molar-refractivity contribution in [1.82, 2.24) is 0 Å². The van der Waals surface area contributed by atoms with E-state index in [9.17, 15) is 4.79 Å². The maximum absolute atomic E-state index is 11.7. The van der Waals surface area contributed by atoms with E-state index in [-0.39, 0.29) is 18.0 Å². The summed E-state index contributed by atoms with van der Waals surface area (Å²) < 4.78 is 5.51. The van der Waals surface area contributed by atoms with Crippen molar-refractivity contribution in [3.63, 3.8) is 0 Å². The van der Waals surface area contributed by atoms with Crippen LogP contribution in [0.5, 0.6) is 0 Å². The van der Waals surface area contributed by atoms with Crippen LogP contribution in [-0.2, 0) is 9.53 Å². The number of carbonyl (C=O) groups excluding carboxylic acids is 1. The SMILES string of the molecule is C/C1=C\C[C@H]2[C@H](C/C(C)=C/CC1)OC(=O)[C@@H]2C. The molecule has 0 amide bonds. The number of rotatable bonds is 0. The highest BCUT2D eigenvalue weighted by Gasteiger charge is 2.40. The molecule has 1 aliphatic carbocycles. The van der Waals surface area contributed by atoms with E-state index in [0.29, 0.717) is 5.92 Å². The number of carbonyl (C=O) groups is 1. The zero-order valence-corrected chi connectivity index (χ0v) is 11.0. The van der Waals surface area contributed by atoms with E-state index in [4.69, 9.17) is 4.74 Å². The number of fused-ring (bicyclic) bond motifs is 1. The minimum Gasteiger partial charge on any atom is -0.461 e. The van der Waals surface area contributed by atoms with Gasteiger partial charge in [-0.1, -0.05) is 30.2 Å². The van der Waals surface area contributed by atoms with Gasteiger partial charge in [-0.15, -0.1) is 0 Å². The zero-order chi connectivity index (χ0) is 12.4. The first-order valence-electron chi connectivity index (χ1n) is 6.59. The van der Waals surface area contributed by atoms with E-state index >= 15 is 0 Å². The number of hydrogen-bond acceptors (Lipinski definition) is 2. The van der Waals surface area contributed by atoms with Crippen LogP contribution in [0.1, 0.15) is 46.5 Å². The third kappa shape index (κ3) is 2.80. The maximum atomic E-state index is 11.7. The van der Waals surface area contributed by atoms with Gasteiger partial charge >= 0.3 is 5.97 Å². The molecule has 0 bridgehead atoms. The maximum Gasteiger partial charge on any atom is 0.309 e. The van der Waals surface area contributed by atoms with Crippen LogP contribution in [0.25, 0.3) is 0 Å². The van der Waals surface area contributed by atoms with Crippen molar-refractivity contribution in [2.45, 2.75) is 52.6 Å². The van der Waals surface area contributed by atoms with Gasteiger partial charge in [0.25, 0.3) is 0 Å². The molecular formula is C15H22O2. The smallest absolute Gasteiger partial charge is 0.309 e. The second-order valence-corrected chi connectivity index (χ2v) is 5.51. The summed E-state index contributed by atoms with van der Waals surface area (Å²) in [6.07, 6.45) is 8.81. The summed E-state index contributed by atoms with van der Waals surface area (Å²) in [6.45, 7) is 6.33. The molecule has 2 rings (SSSR count). The summed E-state index contributed by atoms with van der Waals surface area (Å²) in [7, 11) is 0. The second-order valence-electron chi connectivity index (χ2n) is 5.51. The van der Waals surface area contributed by atoms with Gasteiger partial charge in [-0.05, 0) is 33.1 Å². The van der Waals surface area contributed by atoms with Crippen molar-refractivity contribution in [2.75, 3.05) is 0 Å². The Labute approximate surface area is 104 Å². The predicted octanol–water partition coefficient (Wildman–Crippen LogP) is 3.63. The Morgan fingerprint density at radius 3 is 2.76 bits per heavy atom. The molecule has 0 spiro atoms. The molecule has 0 aromatic carbocycles. The first-order chi connectivity index (χ1) is 8.08. The lowest BCUT2D eigenvalue weighted by atomic mass is 9.84. The van der Waals surface area contributed by atoms with Crippen LogP contribution in [0.3, 0.4) is 0 Å². The van der Waals surface area contributed by atoms with Gasteiger partial charge in [-0.25, -0.2) is 0 Å². The van der Waals surface area contributed by atoms with Gasteiger partial charge in [-0.3, -0.25) is 4.79 Å². The van der Waals surface area contributed by atoms with E-state index in [1.165, 1.54) is 11.1 Å². The van der Waals surface area contributed by atoms with E-state index in [1.807, 2.05) is 6.92 Å². The molecule has 3 atom stereocenters. The molecule has 2 heteroatoms. The summed E-state index contributed by atoms with van der Waals surface area (Å²) in [4.78, 5) is 11.7. The minimum atomic E-state index is -0.0156. The fourth-order valence-corrected chi connectivity index (χ4v) is 2.78. The standard InChI is InChI=1S/C15H22O2/c1-10-5-4-6-11(2)9-14-13(8-7-10)12(3)15(16)17-14/h6-7,12-14H,4-5,8-9H2,1-3H3/b10-7+,11-6+/t12-,13-,14+/m1/s1. The Bertz CT molecular complexity index is 365. The van der Waals surface area contributed by atoms with Gasteiger partial charge in [0.2, 0.25) is 0 Å². The van der Waals surface area contributed by atoms with Gasteiger partial charge in [-0.2, -0.15) is 0 Å². The minimum absolute atomic E-state index is 0.0156. The van der Waals surface area contributed by atoms with E-state index in [2.05, 4.69) is 26.0 Å².